The van der Waals surface area contributed by atoms with E-state index in [4.69, 9.17) is 0 Å². The lowest BCUT2D eigenvalue weighted by atomic mass is 9.97. The number of aromatic nitrogens is 2. The fraction of sp³-hybridized carbons (Fsp3) is 0.875. The van der Waals surface area contributed by atoms with E-state index in [1.165, 1.54) is 64.2 Å². The highest BCUT2D eigenvalue weighted by molar-refractivity contribution is 8.01. The topological polar surface area (TPSA) is 37.8 Å². The second-order valence-corrected chi connectivity index (χ2v) is 8.30. The molecule has 0 saturated heterocycles. The fourth-order valence-electron chi connectivity index (χ4n) is 3.08. The van der Waals surface area contributed by atoms with E-state index in [0.29, 0.717) is 11.3 Å². The van der Waals surface area contributed by atoms with Crippen molar-refractivity contribution in [3.05, 3.63) is 5.82 Å². The second kappa shape index (κ2) is 9.80. The van der Waals surface area contributed by atoms with Gasteiger partial charge in [-0.1, -0.05) is 63.1 Å². The number of rotatable bonds is 3. The number of nitrogens with zero attached hydrogens (tertiary/aromatic N) is 2. The summed E-state index contributed by atoms with van der Waals surface area (Å²) in [5, 5.41) is 4.21. The molecular weight excluding hydrogens is 298 g/mol. The van der Waals surface area contributed by atoms with Crippen LogP contribution in [0, 0.1) is 6.92 Å². The molecule has 1 N–H and O–H groups in total. The summed E-state index contributed by atoms with van der Waals surface area (Å²) in [5.74, 6) is 0.914. The van der Waals surface area contributed by atoms with Gasteiger partial charge in [-0.3, -0.25) is 0 Å². The van der Waals surface area contributed by atoms with Crippen LogP contribution in [0.2, 0.25) is 0 Å². The molecule has 0 amide bonds. The first-order chi connectivity index (χ1) is 10.3. The lowest BCUT2D eigenvalue weighted by Crippen LogP contribution is -2.35. The quantitative estimate of drug-likeness (QED) is 0.864. The van der Waals surface area contributed by atoms with E-state index in [-0.39, 0.29) is 0 Å². The van der Waals surface area contributed by atoms with Crippen LogP contribution >= 0.6 is 23.3 Å². The van der Waals surface area contributed by atoms with Crippen molar-refractivity contribution < 1.29 is 0 Å². The first-order valence-corrected chi connectivity index (χ1v) is 10.1. The summed E-state index contributed by atoms with van der Waals surface area (Å²) in [5.41, 5.74) is 0. The SMILES string of the molecule is CNC1CCCCCCCCCCC1Sc1nc(C)ns1. The average Bonchev–Trinajstić information content (AvgIpc) is 2.87. The predicted octanol–water partition coefficient (Wildman–Crippen LogP) is 4.81. The third-order valence-corrected chi connectivity index (χ3v) is 6.61. The van der Waals surface area contributed by atoms with Crippen LogP contribution in [0.4, 0.5) is 0 Å². The summed E-state index contributed by atoms with van der Waals surface area (Å²) in [4.78, 5) is 4.55. The minimum absolute atomic E-state index is 0.610. The summed E-state index contributed by atoms with van der Waals surface area (Å²) >= 11 is 3.51. The molecule has 1 aliphatic rings. The van der Waals surface area contributed by atoms with Gasteiger partial charge < -0.3 is 5.32 Å². The third kappa shape index (κ3) is 6.25. The zero-order chi connectivity index (χ0) is 14.9. The monoisotopic (exact) mass is 327 g/mol. The maximum atomic E-state index is 4.55. The molecular formula is C16H29N3S2. The van der Waals surface area contributed by atoms with Crippen molar-refractivity contribution in [1.29, 1.82) is 0 Å². The minimum Gasteiger partial charge on any atom is -0.316 e. The molecule has 120 valence electrons. The van der Waals surface area contributed by atoms with Gasteiger partial charge in [0.05, 0.1) is 0 Å². The van der Waals surface area contributed by atoms with Gasteiger partial charge >= 0.3 is 0 Å². The van der Waals surface area contributed by atoms with E-state index in [2.05, 4.69) is 21.7 Å². The molecule has 1 aliphatic carbocycles. The maximum Gasteiger partial charge on any atom is 0.170 e. The third-order valence-electron chi connectivity index (χ3n) is 4.33. The molecule has 3 nitrogen and oxygen atoms in total. The van der Waals surface area contributed by atoms with Gasteiger partial charge in [0, 0.05) is 11.3 Å². The Kier molecular flexibility index (Phi) is 8.04. The number of hydrogen-bond donors (Lipinski definition) is 1. The number of nitrogens with one attached hydrogen (secondary N) is 1. The van der Waals surface area contributed by atoms with Crippen LogP contribution in [0.5, 0.6) is 0 Å². The van der Waals surface area contributed by atoms with Crippen molar-refractivity contribution in [2.45, 2.75) is 86.8 Å². The zero-order valence-electron chi connectivity index (χ0n) is 13.4. The molecule has 1 aromatic heterocycles. The van der Waals surface area contributed by atoms with Gasteiger partial charge in [0.15, 0.2) is 4.34 Å². The Hall–Kier alpha value is -0.130. The zero-order valence-corrected chi connectivity index (χ0v) is 15.1. The van der Waals surface area contributed by atoms with Crippen LogP contribution in [0.15, 0.2) is 4.34 Å². The molecule has 1 heterocycles. The van der Waals surface area contributed by atoms with Crippen molar-refractivity contribution >= 4 is 23.3 Å². The molecule has 21 heavy (non-hydrogen) atoms. The number of aryl methyl sites for hydroxylation is 1. The predicted molar refractivity (Wildman–Crippen MR) is 93.3 cm³/mol. The van der Waals surface area contributed by atoms with E-state index >= 15 is 0 Å². The first kappa shape index (κ1) is 17.2. The summed E-state index contributed by atoms with van der Waals surface area (Å²) in [6.07, 6.45) is 13.8. The van der Waals surface area contributed by atoms with Gasteiger partial charge in [0.25, 0.3) is 0 Å². The summed E-state index contributed by atoms with van der Waals surface area (Å²) in [7, 11) is 2.12. The van der Waals surface area contributed by atoms with Gasteiger partial charge in [-0.2, -0.15) is 4.37 Å². The van der Waals surface area contributed by atoms with Crippen LogP contribution < -0.4 is 5.32 Å². The molecule has 1 fully saturated rings. The molecule has 0 radical (unpaired) electrons. The van der Waals surface area contributed by atoms with Crippen molar-refractivity contribution in [1.82, 2.24) is 14.7 Å². The fourth-order valence-corrected chi connectivity index (χ4v) is 5.33. The molecule has 2 rings (SSSR count). The van der Waals surface area contributed by atoms with Crippen LogP contribution in [-0.4, -0.2) is 27.7 Å². The molecule has 0 aliphatic heterocycles. The Morgan fingerprint density at radius 2 is 1.62 bits per heavy atom. The lowest BCUT2D eigenvalue weighted by molar-refractivity contribution is 0.434. The van der Waals surface area contributed by atoms with Crippen LogP contribution in [-0.2, 0) is 0 Å². The highest BCUT2D eigenvalue weighted by Gasteiger charge is 2.22. The molecule has 0 bridgehead atoms. The molecule has 1 saturated carbocycles. The van der Waals surface area contributed by atoms with Gasteiger partial charge in [-0.05, 0) is 38.3 Å². The van der Waals surface area contributed by atoms with E-state index < -0.39 is 0 Å². The Morgan fingerprint density at radius 3 is 2.19 bits per heavy atom. The van der Waals surface area contributed by atoms with Crippen molar-refractivity contribution in [2.75, 3.05) is 7.05 Å². The molecule has 0 aromatic carbocycles. The normalized spacial score (nSPS) is 26.0. The van der Waals surface area contributed by atoms with Crippen molar-refractivity contribution in [2.24, 2.45) is 0 Å². The molecule has 1 aromatic rings. The molecule has 5 heteroatoms. The summed E-state index contributed by atoms with van der Waals surface area (Å²) in [6, 6.07) is 0.610. The highest BCUT2D eigenvalue weighted by Crippen LogP contribution is 2.32. The molecule has 2 unspecified atom stereocenters. The lowest BCUT2D eigenvalue weighted by Gasteiger charge is -2.26. The van der Waals surface area contributed by atoms with Crippen LogP contribution in [0.25, 0.3) is 0 Å². The van der Waals surface area contributed by atoms with Gasteiger partial charge in [-0.25, -0.2) is 4.98 Å². The van der Waals surface area contributed by atoms with Crippen LogP contribution in [0.3, 0.4) is 0 Å². The van der Waals surface area contributed by atoms with Crippen LogP contribution in [0.1, 0.15) is 70.0 Å². The summed E-state index contributed by atoms with van der Waals surface area (Å²) < 4.78 is 5.47. The standard InChI is InChI=1S/C16H29N3S2/c1-13-18-16(21-19-13)20-15-12-10-8-6-4-3-5-7-9-11-14(15)17-2/h14-15,17H,3-12H2,1-2H3. The Morgan fingerprint density at radius 1 is 1.00 bits per heavy atom. The minimum atomic E-state index is 0.610. The van der Waals surface area contributed by atoms with Gasteiger partial charge in [0.1, 0.15) is 5.82 Å². The molecule has 0 spiro atoms. The summed E-state index contributed by atoms with van der Waals surface area (Å²) in [6.45, 7) is 1.98. The van der Waals surface area contributed by atoms with Crippen molar-refractivity contribution in [3.8, 4) is 0 Å². The Labute approximate surface area is 137 Å². The largest absolute Gasteiger partial charge is 0.316 e. The highest BCUT2D eigenvalue weighted by atomic mass is 32.2. The van der Waals surface area contributed by atoms with Gasteiger partial charge in [0.2, 0.25) is 0 Å². The second-order valence-electron chi connectivity index (χ2n) is 6.06. The smallest absolute Gasteiger partial charge is 0.170 e. The van der Waals surface area contributed by atoms with E-state index in [1.54, 1.807) is 11.5 Å². The Balaban J connectivity index is 1.95. The van der Waals surface area contributed by atoms with Crippen molar-refractivity contribution in [3.63, 3.8) is 0 Å². The van der Waals surface area contributed by atoms with E-state index in [9.17, 15) is 0 Å². The average molecular weight is 328 g/mol. The van der Waals surface area contributed by atoms with Gasteiger partial charge in [-0.15, -0.1) is 0 Å². The first-order valence-electron chi connectivity index (χ1n) is 8.44. The number of hydrogen-bond acceptors (Lipinski definition) is 5. The Bertz CT molecular complexity index is 395. The number of thioether (sulfide) groups is 1. The maximum absolute atomic E-state index is 4.55. The van der Waals surface area contributed by atoms with E-state index in [0.717, 1.165) is 10.2 Å². The van der Waals surface area contributed by atoms with E-state index in [1.807, 2.05) is 18.7 Å². The molecule has 2 atom stereocenters.